The van der Waals surface area contributed by atoms with Crippen LogP contribution in [0, 0.1) is 11.7 Å². The summed E-state index contributed by atoms with van der Waals surface area (Å²) in [6.45, 7) is 7.61. The summed E-state index contributed by atoms with van der Waals surface area (Å²) < 4.78 is 18.4. The zero-order chi connectivity index (χ0) is 19.5. The zero-order valence-electron chi connectivity index (χ0n) is 16.2. The van der Waals surface area contributed by atoms with Crippen molar-refractivity contribution in [3.05, 3.63) is 35.6 Å². The molecule has 1 fully saturated rings. The normalized spacial score (nSPS) is 16.5. The standard InChI is InChI=1S/C20H29FN2O3/c1-13(22-19(25)26-20(2,3)4)12-23(5)18(24)17(14-6-7-14)15-8-10-16(21)11-9-15/h8-11,13-14,17H,6-7,12H2,1-5H3,(H,22,25). The molecule has 0 aromatic heterocycles. The third-order valence-electron chi connectivity index (χ3n) is 4.28. The molecule has 2 atom stereocenters. The monoisotopic (exact) mass is 364 g/mol. The molecule has 2 rings (SSSR count). The summed E-state index contributed by atoms with van der Waals surface area (Å²) in [5.74, 6) is -0.255. The molecule has 2 amide bonds. The topological polar surface area (TPSA) is 58.6 Å². The molecule has 0 radical (unpaired) electrons. The van der Waals surface area contributed by atoms with Crippen LogP contribution in [0.1, 0.15) is 52.0 Å². The average molecular weight is 364 g/mol. The van der Waals surface area contributed by atoms with Crippen LogP contribution in [-0.2, 0) is 9.53 Å². The van der Waals surface area contributed by atoms with Gasteiger partial charge in [-0.25, -0.2) is 9.18 Å². The summed E-state index contributed by atoms with van der Waals surface area (Å²) >= 11 is 0. The summed E-state index contributed by atoms with van der Waals surface area (Å²) in [6, 6.07) is 5.92. The van der Waals surface area contributed by atoms with Crippen molar-refractivity contribution in [3.8, 4) is 0 Å². The van der Waals surface area contributed by atoms with Gasteiger partial charge in [0.15, 0.2) is 0 Å². The first-order chi connectivity index (χ1) is 12.1. The molecule has 0 saturated heterocycles. The van der Waals surface area contributed by atoms with Gasteiger partial charge in [0.25, 0.3) is 0 Å². The van der Waals surface area contributed by atoms with Gasteiger partial charge in [-0.1, -0.05) is 12.1 Å². The van der Waals surface area contributed by atoms with Crippen molar-refractivity contribution in [2.45, 2.75) is 58.1 Å². The Balaban J connectivity index is 1.96. The van der Waals surface area contributed by atoms with E-state index >= 15 is 0 Å². The van der Waals surface area contributed by atoms with Gasteiger partial charge in [0.1, 0.15) is 11.4 Å². The fourth-order valence-electron chi connectivity index (χ4n) is 3.01. The van der Waals surface area contributed by atoms with Crippen molar-refractivity contribution in [2.75, 3.05) is 13.6 Å². The number of hydrogen-bond donors (Lipinski definition) is 1. The lowest BCUT2D eigenvalue weighted by atomic mass is 9.92. The number of likely N-dealkylation sites (N-methyl/N-ethyl adjacent to an activating group) is 1. The van der Waals surface area contributed by atoms with E-state index in [1.54, 1.807) is 44.9 Å². The summed E-state index contributed by atoms with van der Waals surface area (Å²) in [6.07, 6.45) is 1.52. The lowest BCUT2D eigenvalue weighted by Crippen LogP contribution is -2.45. The quantitative estimate of drug-likeness (QED) is 0.837. The van der Waals surface area contributed by atoms with E-state index in [2.05, 4.69) is 5.32 Å². The van der Waals surface area contributed by atoms with Crippen LogP contribution < -0.4 is 5.32 Å². The van der Waals surface area contributed by atoms with Crippen molar-refractivity contribution in [1.29, 1.82) is 0 Å². The summed E-state index contributed by atoms with van der Waals surface area (Å²) in [4.78, 5) is 26.4. The first-order valence-electron chi connectivity index (χ1n) is 9.07. The predicted octanol–water partition coefficient (Wildman–Crippen LogP) is 3.69. The molecule has 5 nitrogen and oxygen atoms in total. The maximum atomic E-state index is 13.2. The Labute approximate surface area is 154 Å². The third-order valence-corrected chi connectivity index (χ3v) is 4.28. The first-order valence-corrected chi connectivity index (χ1v) is 9.07. The van der Waals surface area contributed by atoms with E-state index in [0.29, 0.717) is 12.5 Å². The highest BCUT2D eigenvalue weighted by Crippen LogP contribution is 2.43. The minimum Gasteiger partial charge on any atom is -0.444 e. The predicted molar refractivity (Wildman–Crippen MR) is 98.3 cm³/mol. The van der Waals surface area contributed by atoms with E-state index < -0.39 is 11.7 Å². The zero-order valence-corrected chi connectivity index (χ0v) is 16.2. The van der Waals surface area contributed by atoms with Crippen molar-refractivity contribution in [2.24, 2.45) is 5.92 Å². The molecule has 0 spiro atoms. The molecule has 0 bridgehead atoms. The molecule has 1 saturated carbocycles. The molecule has 1 aliphatic rings. The molecule has 1 aliphatic carbocycles. The fraction of sp³-hybridized carbons (Fsp3) is 0.600. The van der Waals surface area contributed by atoms with E-state index in [-0.39, 0.29) is 23.7 Å². The van der Waals surface area contributed by atoms with Gasteiger partial charge in [0.2, 0.25) is 5.91 Å². The summed E-state index contributed by atoms with van der Waals surface area (Å²) in [5.41, 5.74) is 0.282. The Morgan fingerprint density at radius 3 is 2.35 bits per heavy atom. The van der Waals surface area contributed by atoms with Crippen LogP contribution >= 0.6 is 0 Å². The van der Waals surface area contributed by atoms with E-state index in [0.717, 1.165) is 18.4 Å². The minimum atomic E-state index is -0.564. The number of benzene rings is 1. The third kappa shape index (κ3) is 6.00. The van der Waals surface area contributed by atoms with Crippen LogP contribution in [0.25, 0.3) is 0 Å². The molecular formula is C20H29FN2O3. The highest BCUT2D eigenvalue weighted by molar-refractivity contribution is 5.84. The maximum Gasteiger partial charge on any atom is 0.407 e. The number of halogens is 1. The van der Waals surface area contributed by atoms with E-state index in [1.165, 1.54) is 12.1 Å². The van der Waals surface area contributed by atoms with Gasteiger partial charge in [0.05, 0.1) is 5.92 Å². The van der Waals surface area contributed by atoms with Crippen molar-refractivity contribution in [1.82, 2.24) is 10.2 Å². The van der Waals surface area contributed by atoms with Gasteiger partial charge >= 0.3 is 6.09 Å². The van der Waals surface area contributed by atoms with Crippen molar-refractivity contribution < 1.29 is 18.7 Å². The van der Waals surface area contributed by atoms with E-state index in [1.807, 2.05) is 6.92 Å². The van der Waals surface area contributed by atoms with Crippen LogP contribution in [0.2, 0.25) is 0 Å². The number of amides is 2. The summed E-state index contributed by atoms with van der Waals surface area (Å²) in [5, 5.41) is 2.75. The lowest BCUT2D eigenvalue weighted by molar-refractivity contribution is -0.132. The number of carbonyl (C=O) groups excluding carboxylic acids is 2. The Morgan fingerprint density at radius 1 is 1.27 bits per heavy atom. The van der Waals surface area contributed by atoms with Crippen LogP contribution in [0.4, 0.5) is 9.18 Å². The second kappa shape index (κ2) is 8.06. The molecule has 1 N–H and O–H groups in total. The maximum absolute atomic E-state index is 13.2. The number of alkyl carbamates (subject to hydrolysis) is 1. The second-order valence-electron chi connectivity index (χ2n) is 8.13. The molecule has 1 aromatic carbocycles. The number of carbonyl (C=O) groups is 2. The molecule has 0 heterocycles. The molecule has 144 valence electrons. The van der Waals surface area contributed by atoms with Gasteiger partial charge in [0, 0.05) is 19.6 Å². The number of ether oxygens (including phenoxy) is 1. The Kier molecular flexibility index (Phi) is 6.26. The number of nitrogens with one attached hydrogen (secondary N) is 1. The van der Waals surface area contributed by atoms with E-state index in [9.17, 15) is 14.0 Å². The largest absolute Gasteiger partial charge is 0.444 e. The van der Waals surface area contributed by atoms with Crippen LogP contribution in [0.15, 0.2) is 24.3 Å². The Bertz CT molecular complexity index is 635. The van der Waals surface area contributed by atoms with Gasteiger partial charge < -0.3 is 15.0 Å². The van der Waals surface area contributed by atoms with Crippen molar-refractivity contribution in [3.63, 3.8) is 0 Å². The Hall–Kier alpha value is -2.11. The Morgan fingerprint density at radius 2 is 1.85 bits per heavy atom. The average Bonchev–Trinajstić information content (AvgIpc) is 3.31. The number of rotatable bonds is 6. The SMILES string of the molecule is CC(CN(C)C(=O)C(c1ccc(F)cc1)C1CC1)NC(=O)OC(C)(C)C. The van der Waals surface area contributed by atoms with Crippen LogP contribution in [0.5, 0.6) is 0 Å². The number of hydrogen-bond acceptors (Lipinski definition) is 3. The van der Waals surface area contributed by atoms with Gasteiger partial charge in [-0.3, -0.25) is 4.79 Å². The molecule has 1 aromatic rings. The number of nitrogens with zero attached hydrogens (tertiary/aromatic N) is 1. The van der Waals surface area contributed by atoms with E-state index in [4.69, 9.17) is 4.74 Å². The van der Waals surface area contributed by atoms with Gasteiger partial charge in [-0.05, 0) is 64.2 Å². The molecule has 2 unspecified atom stereocenters. The van der Waals surface area contributed by atoms with Crippen molar-refractivity contribution >= 4 is 12.0 Å². The van der Waals surface area contributed by atoms with Crippen LogP contribution in [0.3, 0.4) is 0 Å². The van der Waals surface area contributed by atoms with Gasteiger partial charge in [-0.15, -0.1) is 0 Å². The lowest BCUT2D eigenvalue weighted by Gasteiger charge is -2.28. The highest BCUT2D eigenvalue weighted by Gasteiger charge is 2.38. The molecule has 26 heavy (non-hydrogen) atoms. The van der Waals surface area contributed by atoms with Gasteiger partial charge in [-0.2, -0.15) is 0 Å². The molecule has 6 heteroatoms. The minimum absolute atomic E-state index is 0.00283. The fourth-order valence-corrected chi connectivity index (χ4v) is 3.01. The smallest absolute Gasteiger partial charge is 0.407 e. The first kappa shape index (κ1) is 20.2. The summed E-state index contributed by atoms with van der Waals surface area (Å²) in [7, 11) is 1.73. The highest BCUT2D eigenvalue weighted by atomic mass is 19.1. The second-order valence-corrected chi connectivity index (χ2v) is 8.13. The molecule has 0 aliphatic heterocycles. The van der Waals surface area contributed by atoms with Crippen LogP contribution in [-0.4, -0.2) is 42.1 Å². The molecular weight excluding hydrogens is 335 g/mol.